The van der Waals surface area contributed by atoms with E-state index in [0.717, 1.165) is 53.8 Å². The predicted octanol–water partition coefficient (Wildman–Crippen LogP) is 4.01. The lowest BCUT2D eigenvalue weighted by atomic mass is 10.0. The Morgan fingerprint density at radius 2 is 1.84 bits per heavy atom. The quantitative estimate of drug-likeness (QED) is 0.694. The third-order valence-corrected chi connectivity index (χ3v) is 7.06. The number of nitrogens with zero attached hydrogens (tertiary/aromatic N) is 5. The Morgan fingerprint density at radius 1 is 0.968 bits per heavy atom. The van der Waals surface area contributed by atoms with Gasteiger partial charge < -0.3 is 14.8 Å². The Balaban J connectivity index is 1.27. The number of hydrogen-bond donors (Lipinski definition) is 1. The molecule has 0 spiro atoms. The van der Waals surface area contributed by atoms with Crippen LogP contribution in [0.15, 0.2) is 42.7 Å². The molecule has 0 bridgehead atoms. The molecule has 2 aliphatic rings. The maximum atomic E-state index is 5.05. The normalized spacial score (nSPS) is 19.9. The summed E-state index contributed by atoms with van der Waals surface area (Å²) in [5.41, 5.74) is 3.05. The standard InChI is InChI=1S/C25H34N6/c1-19(2)29-14-9-20(10-15-29)30-12-5-13-31(17-16-30)24-8-3-7-23(28-24)22-18-27-25-21(22)6-4-11-26-25/h3-4,6-8,11,18-20H,5,9-10,12-17H2,1-2H3,(H,26,27). The van der Waals surface area contributed by atoms with Gasteiger partial charge >= 0.3 is 0 Å². The van der Waals surface area contributed by atoms with Crippen LogP contribution in [0, 0.1) is 0 Å². The molecule has 0 saturated carbocycles. The number of likely N-dealkylation sites (tertiary alicyclic amines) is 1. The number of fused-ring (bicyclic) bond motifs is 1. The SMILES string of the molecule is CC(C)N1CCC(N2CCCN(c3cccc(-c4c[nH]c5ncccc45)n3)CC2)CC1. The summed E-state index contributed by atoms with van der Waals surface area (Å²) in [6.45, 7) is 11.6. The third kappa shape index (κ3) is 4.32. The van der Waals surface area contributed by atoms with E-state index in [1.807, 2.05) is 18.5 Å². The highest BCUT2D eigenvalue weighted by atomic mass is 15.3. The molecule has 0 aromatic carbocycles. The highest BCUT2D eigenvalue weighted by molar-refractivity contribution is 5.92. The lowest BCUT2D eigenvalue weighted by Gasteiger charge is -2.39. The van der Waals surface area contributed by atoms with Gasteiger partial charge in [0.15, 0.2) is 0 Å². The van der Waals surface area contributed by atoms with Gasteiger partial charge in [0.1, 0.15) is 11.5 Å². The number of piperidine rings is 1. The molecule has 5 rings (SSSR count). The van der Waals surface area contributed by atoms with Crippen LogP contribution in [0.25, 0.3) is 22.3 Å². The van der Waals surface area contributed by atoms with Gasteiger partial charge in [0.25, 0.3) is 0 Å². The van der Waals surface area contributed by atoms with Crippen molar-refractivity contribution in [1.82, 2.24) is 24.8 Å². The fraction of sp³-hybridized carbons (Fsp3) is 0.520. The first kappa shape index (κ1) is 20.5. The summed E-state index contributed by atoms with van der Waals surface area (Å²) in [4.78, 5) is 20.6. The van der Waals surface area contributed by atoms with E-state index in [0.29, 0.717) is 6.04 Å². The molecule has 164 valence electrons. The molecule has 5 heterocycles. The van der Waals surface area contributed by atoms with Gasteiger partial charge in [-0.1, -0.05) is 6.07 Å². The van der Waals surface area contributed by atoms with Gasteiger partial charge in [0.2, 0.25) is 0 Å². The van der Waals surface area contributed by atoms with Crippen molar-refractivity contribution in [3.05, 3.63) is 42.7 Å². The van der Waals surface area contributed by atoms with Gasteiger partial charge in [-0.15, -0.1) is 0 Å². The van der Waals surface area contributed by atoms with E-state index in [1.54, 1.807) is 0 Å². The van der Waals surface area contributed by atoms with Crippen LogP contribution in [0.5, 0.6) is 0 Å². The number of anilines is 1. The highest BCUT2D eigenvalue weighted by Crippen LogP contribution is 2.28. The fourth-order valence-electron chi connectivity index (χ4n) is 5.22. The first-order valence-electron chi connectivity index (χ1n) is 11.8. The van der Waals surface area contributed by atoms with E-state index >= 15 is 0 Å². The summed E-state index contributed by atoms with van der Waals surface area (Å²) < 4.78 is 0. The van der Waals surface area contributed by atoms with Gasteiger partial charge in [-0.05, 0) is 70.5 Å². The Kier molecular flexibility index (Phi) is 5.92. The smallest absolute Gasteiger partial charge is 0.137 e. The Bertz CT molecular complexity index is 1000. The zero-order valence-corrected chi connectivity index (χ0v) is 18.8. The van der Waals surface area contributed by atoms with E-state index in [1.165, 1.54) is 38.9 Å². The molecule has 2 saturated heterocycles. The molecule has 1 N–H and O–H groups in total. The summed E-state index contributed by atoms with van der Waals surface area (Å²) in [6, 6.07) is 11.9. The minimum absolute atomic E-state index is 0.673. The van der Waals surface area contributed by atoms with Crippen LogP contribution in [0.2, 0.25) is 0 Å². The number of rotatable bonds is 4. The Labute approximate surface area is 185 Å². The molecular weight excluding hydrogens is 384 g/mol. The Morgan fingerprint density at radius 3 is 2.68 bits per heavy atom. The van der Waals surface area contributed by atoms with E-state index in [9.17, 15) is 0 Å². The Hall–Kier alpha value is -2.44. The maximum Gasteiger partial charge on any atom is 0.137 e. The molecule has 6 nitrogen and oxygen atoms in total. The molecule has 31 heavy (non-hydrogen) atoms. The molecule has 0 radical (unpaired) electrons. The second-order valence-electron chi connectivity index (χ2n) is 9.22. The summed E-state index contributed by atoms with van der Waals surface area (Å²) in [6.07, 6.45) is 7.66. The fourth-order valence-corrected chi connectivity index (χ4v) is 5.22. The van der Waals surface area contributed by atoms with Crippen molar-refractivity contribution < 1.29 is 0 Å². The van der Waals surface area contributed by atoms with Crippen molar-refractivity contribution in [2.24, 2.45) is 0 Å². The number of pyridine rings is 2. The van der Waals surface area contributed by atoms with Crippen molar-refractivity contribution >= 4 is 16.9 Å². The van der Waals surface area contributed by atoms with Crippen molar-refractivity contribution in [3.63, 3.8) is 0 Å². The summed E-state index contributed by atoms with van der Waals surface area (Å²) in [7, 11) is 0. The van der Waals surface area contributed by atoms with E-state index in [-0.39, 0.29) is 0 Å². The molecule has 0 amide bonds. The summed E-state index contributed by atoms with van der Waals surface area (Å²) in [5, 5.41) is 1.13. The van der Waals surface area contributed by atoms with Crippen molar-refractivity contribution in [2.45, 2.75) is 45.2 Å². The molecule has 2 fully saturated rings. The number of nitrogens with one attached hydrogen (secondary N) is 1. The van der Waals surface area contributed by atoms with Gasteiger partial charge in [-0.2, -0.15) is 0 Å². The number of aromatic amines is 1. The predicted molar refractivity (Wildman–Crippen MR) is 127 cm³/mol. The van der Waals surface area contributed by atoms with Crippen molar-refractivity contribution in [3.8, 4) is 11.3 Å². The average Bonchev–Trinajstić information content (AvgIpc) is 3.08. The number of hydrogen-bond acceptors (Lipinski definition) is 5. The first-order chi connectivity index (χ1) is 15.2. The first-order valence-corrected chi connectivity index (χ1v) is 11.8. The van der Waals surface area contributed by atoms with Crippen LogP contribution in [0.4, 0.5) is 5.82 Å². The third-order valence-electron chi connectivity index (χ3n) is 7.06. The summed E-state index contributed by atoms with van der Waals surface area (Å²) >= 11 is 0. The monoisotopic (exact) mass is 418 g/mol. The van der Waals surface area contributed by atoms with Crippen molar-refractivity contribution in [1.29, 1.82) is 0 Å². The minimum atomic E-state index is 0.673. The second kappa shape index (κ2) is 8.97. The summed E-state index contributed by atoms with van der Waals surface area (Å²) in [5.74, 6) is 1.09. The van der Waals surface area contributed by atoms with Gasteiger partial charge in [0, 0.05) is 61.6 Å². The van der Waals surface area contributed by atoms with Crippen LogP contribution in [0.1, 0.15) is 33.1 Å². The molecule has 3 aromatic heterocycles. The lowest BCUT2D eigenvalue weighted by molar-refractivity contribution is 0.0965. The second-order valence-corrected chi connectivity index (χ2v) is 9.22. The molecule has 0 unspecified atom stereocenters. The maximum absolute atomic E-state index is 5.05. The molecule has 6 heteroatoms. The van der Waals surface area contributed by atoms with E-state index in [4.69, 9.17) is 4.98 Å². The van der Waals surface area contributed by atoms with Crippen LogP contribution in [-0.2, 0) is 0 Å². The zero-order chi connectivity index (χ0) is 21.2. The zero-order valence-electron chi connectivity index (χ0n) is 18.8. The molecule has 0 aliphatic carbocycles. The van der Waals surface area contributed by atoms with Gasteiger partial charge in [-0.25, -0.2) is 9.97 Å². The molecule has 2 aliphatic heterocycles. The number of aromatic nitrogens is 3. The topological polar surface area (TPSA) is 51.3 Å². The van der Waals surface area contributed by atoms with Gasteiger partial charge in [-0.3, -0.25) is 4.90 Å². The van der Waals surface area contributed by atoms with E-state index < -0.39 is 0 Å². The molecular formula is C25H34N6. The van der Waals surface area contributed by atoms with Crippen LogP contribution < -0.4 is 4.90 Å². The van der Waals surface area contributed by atoms with Crippen LogP contribution >= 0.6 is 0 Å². The van der Waals surface area contributed by atoms with E-state index in [2.05, 4.69) is 62.8 Å². The minimum Gasteiger partial charge on any atom is -0.355 e. The molecule has 0 atom stereocenters. The average molecular weight is 419 g/mol. The highest BCUT2D eigenvalue weighted by Gasteiger charge is 2.27. The van der Waals surface area contributed by atoms with Crippen LogP contribution in [0.3, 0.4) is 0 Å². The van der Waals surface area contributed by atoms with Crippen molar-refractivity contribution in [2.75, 3.05) is 44.2 Å². The number of H-pyrrole nitrogens is 1. The molecule has 3 aromatic rings. The largest absolute Gasteiger partial charge is 0.355 e. The lowest BCUT2D eigenvalue weighted by Crippen LogP contribution is -2.47. The van der Waals surface area contributed by atoms with Gasteiger partial charge in [0.05, 0.1) is 5.69 Å². The van der Waals surface area contributed by atoms with Crippen LogP contribution in [-0.4, -0.2) is 76.1 Å².